The molecule has 0 aliphatic carbocycles. The van der Waals surface area contributed by atoms with Gasteiger partial charge >= 0.3 is 0 Å². The van der Waals surface area contributed by atoms with E-state index in [2.05, 4.69) is 5.10 Å². The van der Waals surface area contributed by atoms with Crippen LogP contribution < -0.4 is 4.90 Å². The zero-order chi connectivity index (χ0) is 13.1. The van der Waals surface area contributed by atoms with Gasteiger partial charge in [-0.2, -0.15) is 10.1 Å². The first-order valence-electron chi connectivity index (χ1n) is 5.39. The predicted octanol–water partition coefficient (Wildman–Crippen LogP) is 1.95. The Morgan fingerprint density at radius 3 is 2.56 bits per heavy atom. The van der Waals surface area contributed by atoms with Crippen LogP contribution in [0.3, 0.4) is 0 Å². The molecule has 1 aliphatic heterocycles. The van der Waals surface area contributed by atoms with Crippen LogP contribution in [0.1, 0.15) is 5.56 Å². The van der Waals surface area contributed by atoms with Gasteiger partial charge in [-0.15, -0.1) is 0 Å². The summed E-state index contributed by atoms with van der Waals surface area (Å²) in [5.74, 6) is 0.321. The highest BCUT2D eigenvalue weighted by atomic mass is 32.2. The van der Waals surface area contributed by atoms with Crippen LogP contribution in [-0.2, 0) is 4.79 Å². The number of carbonyl (C=O) groups is 1. The summed E-state index contributed by atoms with van der Waals surface area (Å²) in [7, 11) is 3.98. The van der Waals surface area contributed by atoms with Crippen LogP contribution in [-0.4, -0.2) is 41.3 Å². The first-order chi connectivity index (χ1) is 8.58. The van der Waals surface area contributed by atoms with Crippen LogP contribution in [0, 0.1) is 0 Å². The highest BCUT2D eigenvalue weighted by molar-refractivity contribution is 8.23. The first-order valence-corrected chi connectivity index (χ1v) is 6.78. The van der Waals surface area contributed by atoms with Crippen molar-refractivity contribution in [1.82, 2.24) is 5.01 Å². The van der Waals surface area contributed by atoms with Crippen LogP contribution in [0.2, 0.25) is 0 Å². The first kappa shape index (κ1) is 13.0. The third-order valence-corrected chi connectivity index (χ3v) is 3.80. The predicted molar refractivity (Wildman–Crippen MR) is 80.3 cm³/mol. The van der Waals surface area contributed by atoms with Crippen molar-refractivity contribution in [2.45, 2.75) is 0 Å². The molecule has 0 atom stereocenters. The molecule has 18 heavy (non-hydrogen) atoms. The van der Waals surface area contributed by atoms with Gasteiger partial charge in [0.25, 0.3) is 5.91 Å². The second kappa shape index (κ2) is 5.49. The van der Waals surface area contributed by atoms with Crippen molar-refractivity contribution < 1.29 is 4.79 Å². The SMILES string of the molecule is CN(C)c1ccc(/C=N\N2C(=O)CSC2=S)cc1. The molecule has 1 aromatic rings. The highest BCUT2D eigenvalue weighted by Gasteiger charge is 2.25. The summed E-state index contributed by atoms with van der Waals surface area (Å²) in [5.41, 5.74) is 2.06. The Labute approximate surface area is 116 Å². The van der Waals surface area contributed by atoms with Crippen molar-refractivity contribution in [1.29, 1.82) is 0 Å². The molecule has 0 radical (unpaired) electrons. The third-order valence-electron chi connectivity index (χ3n) is 2.46. The summed E-state index contributed by atoms with van der Waals surface area (Å²) in [5, 5.41) is 5.39. The third kappa shape index (κ3) is 2.88. The lowest BCUT2D eigenvalue weighted by atomic mass is 10.2. The van der Waals surface area contributed by atoms with Crippen LogP contribution >= 0.6 is 24.0 Å². The summed E-state index contributed by atoms with van der Waals surface area (Å²) in [6.07, 6.45) is 1.65. The highest BCUT2D eigenvalue weighted by Crippen LogP contribution is 2.19. The van der Waals surface area contributed by atoms with E-state index in [4.69, 9.17) is 12.2 Å². The van der Waals surface area contributed by atoms with Gasteiger partial charge < -0.3 is 4.90 Å². The Morgan fingerprint density at radius 1 is 1.39 bits per heavy atom. The van der Waals surface area contributed by atoms with E-state index in [-0.39, 0.29) is 5.91 Å². The Balaban J connectivity index is 2.09. The molecular weight excluding hydrogens is 266 g/mol. The second-order valence-electron chi connectivity index (χ2n) is 3.99. The lowest BCUT2D eigenvalue weighted by molar-refractivity contribution is -0.123. The van der Waals surface area contributed by atoms with Crippen LogP contribution in [0.5, 0.6) is 0 Å². The number of amides is 1. The van der Waals surface area contributed by atoms with E-state index in [1.54, 1.807) is 6.21 Å². The Morgan fingerprint density at radius 2 is 2.06 bits per heavy atom. The number of hydrogen-bond acceptors (Lipinski definition) is 5. The Kier molecular flexibility index (Phi) is 3.98. The van der Waals surface area contributed by atoms with Gasteiger partial charge in [-0.05, 0) is 17.7 Å². The molecular formula is C12H13N3OS2. The summed E-state index contributed by atoms with van der Waals surface area (Å²) < 4.78 is 0.515. The van der Waals surface area contributed by atoms with E-state index >= 15 is 0 Å². The molecule has 0 N–H and O–H groups in total. The second-order valence-corrected chi connectivity index (χ2v) is 5.60. The maximum atomic E-state index is 11.4. The van der Waals surface area contributed by atoms with E-state index < -0.39 is 0 Å². The normalized spacial score (nSPS) is 15.8. The lowest BCUT2D eigenvalue weighted by Crippen LogP contribution is -2.22. The minimum atomic E-state index is -0.0637. The number of thioether (sulfide) groups is 1. The van der Waals surface area contributed by atoms with Crippen molar-refractivity contribution in [3.8, 4) is 0 Å². The summed E-state index contributed by atoms with van der Waals surface area (Å²) in [6, 6.07) is 7.91. The molecule has 4 nitrogen and oxygen atoms in total. The van der Waals surface area contributed by atoms with Crippen LogP contribution in [0.4, 0.5) is 5.69 Å². The van der Waals surface area contributed by atoms with Gasteiger partial charge in [0.1, 0.15) is 0 Å². The minimum Gasteiger partial charge on any atom is -0.378 e. The van der Waals surface area contributed by atoms with Gasteiger partial charge in [0.2, 0.25) is 0 Å². The topological polar surface area (TPSA) is 35.9 Å². The number of benzene rings is 1. The van der Waals surface area contributed by atoms with Gasteiger partial charge in [0.15, 0.2) is 4.32 Å². The number of rotatable bonds is 3. The number of hydrazone groups is 1. The van der Waals surface area contributed by atoms with Gasteiger partial charge in [-0.25, -0.2) is 0 Å². The van der Waals surface area contributed by atoms with Crippen molar-refractivity contribution in [3.63, 3.8) is 0 Å². The molecule has 2 rings (SSSR count). The number of anilines is 1. The van der Waals surface area contributed by atoms with Crippen molar-refractivity contribution >= 4 is 46.1 Å². The molecule has 0 spiro atoms. The van der Waals surface area contributed by atoms with E-state index in [9.17, 15) is 4.79 Å². The molecule has 0 saturated carbocycles. The van der Waals surface area contributed by atoms with Gasteiger partial charge in [0.05, 0.1) is 12.0 Å². The molecule has 0 bridgehead atoms. The molecule has 1 aromatic carbocycles. The van der Waals surface area contributed by atoms with Crippen molar-refractivity contribution in [2.75, 3.05) is 24.7 Å². The molecule has 1 fully saturated rings. The molecule has 94 valence electrons. The zero-order valence-electron chi connectivity index (χ0n) is 10.2. The molecule has 6 heteroatoms. The Hall–Kier alpha value is -1.40. The maximum Gasteiger partial charge on any atom is 0.259 e. The average Bonchev–Trinajstić information content (AvgIpc) is 2.67. The lowest BCUT2D eigenvalue weighted by Gasteiger charge is -2.12. The summed E-state index contributed by atoms with van der Waals surface area (Å²) in [4.78, 5) is 13.5. The van der Waals surface area contributed by atoms with Crippen molar-refractivity contribution in [2.24, 2.45) is 5.10 Å². The largest absolute Gasteiger partial charge is 0.378 e. The van der Waals surface area contributed by atoms with E-state index in [1.807, 2.05) is 43.3 Å². The monoisotopic (exact) mass is 279 g/mol. The standard InChI is InChI=1S/C12H13N3OS2/c1-14(2)10-5-3-9(4-6-10)7-13-15-11(16)8-18-12(15)17/h3-7H,8H2,1-2H3/b13-7-. The van der Waals surface area contributed by atoms with Crippen LogP contribution in [0.15, 0.2) is 29.4 Å². The molecule has 1 saturated heterocycles. The number of thiocarbonyl (C=S) groups is 1. The maximum absolute atomic E-state index is 11.4. The smallest absolute Gasteiger partial charge is 0.259 e. The number of carbonyl (C=O) groups excluding carboxylic acids is 1. The zero-order valence-corrected chi connectivity index (χ0v) is 11.8. The van der Waals surface area contributed by atoms with Crippen molar-refractivity contribution in [3.05, 3.63) is 29.8 Å². The quantitative estimate of drug-likeness (QED) is 0.626. The summed E-state index contributed by atoms with van der Waals surface area (Å²) >= 11 is 6.38. The Bertz CT molecular complexity index is 481. The van der Waals surface area contributed by atoms with E-state index in [1.165, 1.54) is 16.8 Å². The fraction of sp³-hybridized carbons (Fsp3) is 0.250. The summed E-state index contributed by atoms with van der Waals surface area (Å²) in [6.45, 7) is 0. The van der Waals surface area contributed by atoms with E-state index in [0.717, 1.165) is 11.3 Å². The van der Waals surface area contributed by atoms with E-state index in [0.29, 0.717) is 10.1 Å². The molecule has 1 heterocycles. The van der Waals surface area contributed by atoms with Gasteiger partial charge in [0, 0.05) is 19.8 Å². The average molecular weight is 279 g/mol. The fourth-order valence-electron chi connectivity index (χ4n) is 1.44. The van der Waals surface area contributed by atoms with Crippen LogP contribution in [0.25, 0.3) is 0 Å². The molecule has 0 unspecified atom stereocenters. The minimum absolute atomic E-state index is 0.0637. The van der Waals surface area contributed by atoms with Gasteiger partial charge in [-0.1, -0.05) is 36.1 Å². The van der Waals surface area contributed by atoms with Gasteiger partial charge in [-0.3, -0.25) is 4.79 Å². The molecule has 1 aliphatic rings. The fourth-order valence-corrected chi connectivity index (χ4v) is 2.41. The molecule has 1 amide bonds. The molecule has 0 aromatic heterocycles. The number of hydrogen-bond donors (Lipinski definition) is 0. The number of nitrogens with zero attached hydrogens (tertiary/aromatic N) is 3.